The lowest BCUT2D eigenvalue weighted by molar-refractivity contribution is 0.0790. The van der Waals surface area contributed by atoms with E-state index in [0.717, 1.165) is 0 Å². The number of hydrogen-bond donors (Lipinski definition) is 1. The Bertz CT molecular complexity index is 334. The summed E-state index contributed by atoms with van der Waals surface area (Å²) in [5.41, 5.74) is 5.62. The number of alkyl halides is 2. The number of thiocarbonyl (C=S) groups is 1. The van der Waals surface area contributed by atoms with Gasteiger partial charge in [0.1, 0.15) is 4.99 Å². The first-order valence-electron chi connectivity index (χ1n) is 3.63. The molecule has 14 heavy (non-hydrogen) atoms. The largest absolute Gasteiger partial charge is 0.470 e. The molecule has 0 bridgehead atoms. The molecule has 76 valence electrons. The molecule has 0 unspecified atom stereocenters. The van der Waals surface area contributed by atoms with Gasteiger partial charge in [-0.3, -0.25) is 0 Å². The Morgan fingerprint density at radius 2 is 2.36 bits per heavy atom. The van der Waals surface area contributed by atoms with Gasteiger partial charge in [0.25, 0.3) is 6.43 Å². The van der Waals surface area contributed by atoms with Crippen LogP contribution in [0.25, 0.3) is 0 Å². The van der Waals surface area contributed by atoms with Gasteiger partial charge in [-0.2, -0.15) is 5.10 Å². The minimum Gasteiger partial charge on any atom is -0.470 e. The van der Waals surface area contributed by atoms with Crippen molar-refractivity contribution in [3.8, 4) is 5.88 Å². The summed E-state index contributed by atoms with van der Waals surface area (Å²) in [5, 5.41) is 6.97. The summed E-state index contributed by atoms with van der Waals surface area (Å²) in [7, 11) is 0. The Balaban J connectivity index is 2.79. The molecule has 0 radical (unpaired) electrons. The lowest BCUT2D eigenvalue weighted by Gasteiger charge is -2.06. The van der Waals surface area contributed by atoms with Crippen molar-refractivity contribution < 1.29 is 13.5 Å². The van der Waals surface area contributed by atoms with E-state index in [1.54, 1.807) is 0 Å². The zero-order valence-corrected chi connectivity index (χ0v) is 7.80. The molecule has 0 fully saturated rings. The fraction of sp³-hybridized carbons (Fsp3) is 0.286. The van der Waals surface area contributed by atoms with Crippen LogP contribution < -0.4 is 10.5 Å². The van der Waals surface area contributed by atoms with Crippen molar-refractivity contribution in [2.45, 2.75) is 6.43 Å². The molecule has 0 aliphatic rings. The van der Waals surface area contributed by atoms with Gasteiger partial charge in [-0.05, 0) is 6.07 Å². The van der Waals surface area contributed by atoms with Gasteiger partial charge >= 0.3 is 0 Å². The van der Waals surface area contributed by atoms with Crippen LogP contribution in [0.3, 0.4) is 0 Å². The fourth-order valence-electron chi connectivity index (χ4n) is 0.755. The highest BCUT2D eigenvalue weighted by atomic mass is 32.1. The summed E-state index contributed by atoms with van der Waals surface area (Å²) >= 11 is 4.67. The van der Waals surface area contributed by atoms with Crippen LogP contribution in [0.1, 0.15) is 5.56 Å². The third-order valence-corrected chi connectivity index (χ3v) is 1.52. The van der Waals surface area contributed by atoms with Gasteiger partial charge in [-0.15, -0.1) is 5.10 Å². The molecule has 1 heterocycles. The second-order valence-electron chi connectivity index (χ2n) is 2.32. The maximum absolute atomic E-state index is 11.8. The number of aromatic nitrogens is 2. The highest BCUT2D eigenvalue weighted by Gasteiger charge is 2.10. The summed E-state index contributed by atoms with van der Waals surface area (Å²) in [4.78, 5) is 0.0316. The van der Waals surface area contributed by atoms with Gasteiger partial charge in [0.15, 0.2) is 6.61 Å². The molecular formula is C7H7F2N3OS. The van der Waals surface area contributed by atoms with Crippen molar-refractivity contribution in [2.24, 2.45) is 5.73 Å². The highest BCUT2D eigenvalue weighted by molar-refractivity contribution is 7.80. The first-order valence-corrected chi connectivity index (χ1v) is 4.04. The molecule has 0 saturated carbocycles. The van der Waals surface area contributed by atoms with E-state index in [0.29, 0.717) is 5.56 Å². The number of nitrogens with two attached hydrogens (primary N) is 1. The third-order valence-electron chi connectivity index (χ3n) is 1.30. The maximum Gasteiger partial charge on any atom is 0.272 e. The van der Waals surface area contributed by atoms with Gasteiger partial charge in [-0.25, -0.2) is 8.78 Å². The molecule has 0 aliphatic heterocycles. The van der Waals surface area contributed by atoms with Gasteiger partial charge in [0.05, 0.1) is 11.8 Å². The van der Waals surface area contributed by atoms with Crippen molar-refractivity contribution in [2.75, 3.05) is 6.61 Å². The third kappa shape index (κ3) is 2.84. The summed E-state index contributed by atoms with van der Waals surface area (Å²) in [6, 6.07) is 1.45. The summed E-state index contributed by atoms with van der Waals surface area (Å²) in [6.45, 7) is -0.756. The first kappa shape index (κ1) is 10.7. The Kier molecular flexibility index (Phi) is 3.63. The first-order chi connectivity index (χ1) is 6.61. The van der Waals surface area contributed by atoms with Crippen molar-refractivity contribution in [3.63, 3.8) is 0 Å². The van der Waals surface area contributed by atoms with Crippen LogP contribution in [0.15, 0.2) is 12.3 Å². The molecule has 0 saturated heterocycles. The highest BCUT2D eigenvalue weighted by Crippen LogP contribution is 2.13. The molecule has 0 aromatic carbocycles. The molecule has 1 rings (SSSR count). The normalized spacial score (nSPS) is 10.2. The molecule has 1 aromatic rings. The molecule has 1 aromatic heterocycles. The van der Waals surface area contributed by atoms with Crippen molar-refractivity contribution in [1.82, 2.24) is 10.2 Å². The lowest BCUT2D eigenvalue weighted by Crippen LogP contribution is -2.15. The monoisotopic (exact) mass is 219 g/mol. The van der Waals surface area contributed by atoms with Crippen LogP contribution in [0, 0.1) is 0 Å². The Morgan fingerprint density at radius 1 is 1.64 bits per heavy atom. The minimum atomic E-state index is -2.57. The second kappa shape index (κ2) is 4.75. The smallest absolute Gasteiger partial charge is 0.272 e. The van der Waals surface area contributed by atoms with E-state index >= 15 is 0 Å². The number of nitrogens with zero attached hydrogens (tertiary/aromatic N) is 2. The number of ether oxygens (including phenoxy) is 1. The topological polar surface area (TPSA) is 61.0 Å². The van der Waals surface area contributed by atoms with Gasteiger partial charge in [0.2, 0.25) is 5.88 Å². The average molecular weight is 219 g/mol. The van der Waals surface area contributed by atoms with Crippen LogP contribution in [0.4, 0.5) is 8.78 Å². The van der Waals surface area contributed by atoms with Crippen LogP contribution in [0.2, 0.25) is 0 Å². The van der Waals surface area contributed by atoms with Crippen molar-refractivity contribution in [1.29, 1.82) is 0 Å². The van der Waals surface area contributed by atoms with Crippen LogP contribution in [-0.4, -0.2) is 28.2 Å². The molecule has 0 spiro atoms. The quantitative estimate of drug-likeness (QED) is 0.757. The fourth-order valence-corrected chi connectivity index (χ4v) is 0.910. The molecular weight excluding hydrogens is 212 g/mol. The average Bonchev–Trinajstić information content (AvgIpc) is 2.15. The van der Waals surface area contributed by atoms with Crippen LogP contribution >= 0.6 is 12.2 Å². The maximum atomic E-state index is 11.8. The van der Waals surface area contributed by atoms with E-state index in [2.05, 4.69) is 27.2 Å². The van der Waals surface area contributed by atoms with Crippen molar-refractivity contribution >= 4 is 17.2 Å². The Labute approximate surface area is 84.1 Å². The number of halogens is 2. The van der Waals surface area contributed by atoms with E-state index in [1.165, 1.54) is 12.3 Å². The standard InChI is InChI=1S/C7H7F2N3OS/c8-5(9)3-13-7-4(6(10)14)1-2-11-12-7/h1-2,5H,3H2,(H2,10,14). The van der Waals surface area contributed by atoms with Crippen LogP contribution in [-0.2, 0) is 0 Å². The van der Waals surface area contributed by atoms with Gasteiger partial charge in [0, 0.05) is 0 Å². The summed E-state index contributed by atoms with van der Waals surface area (Å²) < 4.78 is 28.3. The van der Waals surface area contributed by atoms with E-state index in [4.69, 9.17) is 5.73 Å². The summed E-state index contributed by atoms with van der Waals surface area (Å²) in [5.74, 6) is -0.0692. The van der Waals surface area contributed by atoms with E-state index in [1.807, 2.05) is 0 Å². The van der Waals surface area contributed by atoms with Crippen molar-refractivity contribution in [3.05, 3.63) is 17.8 Å². The van der Waals surface area contributed by atoms with Gasteiger partial charge in [-0.1, -0.05) is 12.2 Å². The lowest BCUT2D eigenvalue weighted by atomic mass is 10.3. The molecule has 4 nitrogen and oxygen atoms in total. The van der Waals surface area contributed by atoms with Gasteiger partial charge < -0.3 is 10.5 Å². The number of rotatable bonds is 4. The number of hydrogen-bond acceptors (Lipinski definition) is 4. The van der Waals surface area contributed by atoms with E-state index in [9.17, 15) is 8.78 Å². The molecule has 2 N–H and O–H groups in total. The molecule has 7 heteroatoms. The summed E-state index contributed by atoms with van der Waals surface area (Å²) in [6.07, 6.45) is -1.22. The predicted molar refractivity (Wildman–Crippen MR) is 49.4 cm³/mol. The molecule has 0 amide bonds. The predicted octanol–water partition coefficient (Wildman–Crippen LogP) is 0.755. The minimum absolute atomic E-state index is 0.0316. The molecule has 0 atom stereocenters. The van der Waals surface area contributed by atoms with Crippen LogP contribution in [0.5, 0.6) is 5.88 Å². The van der Waals surface area contributed by atoms with E-state index in [-0.39, 0.29) is 10.9 Å². The molecule has 0 aliphatic carbocycles. The second-order valence-corrected chi connectivity index (χ2v) is 2.76. The van der Waals surface area contributed by atoms with E-state index < -0.39 is 13.0 Å². The SMILES string of the molecule is NC(=S)c1ccnnc1OCC(F)F. The Hall–Kier alpha value is -1.37. The Morgan fingerprint density at radius 3 is 2.93 bits per heavy atom. The zero-order valence-electron chi connectivity index (χ0n) is 6.98. The zero-order chi connectivity index (χ0) is 10.6.